The number of aryl methyl sites for hydroxylation is 3. The van der Waals surface area contributed by atoms with E-state index in [2.05, 4.69) is 48.9 Å². The summed E-state index contributed by atoms with van der Waals surface area (Å²) in [5.41, 5.74) is 4.90. The Bertz CT molecular complexity index is 593. The molecule has 0 atom stereocenters. The van der Waals surface area contributed by atoms with E-state index >= 15 is 0 Å². The van der Waals surface area contributed by atoms with E-state index in [-0.39, 0.29) is 0 Å². The number of nitrogens with one attached hydrogen (secondary N) is 1. The molecule has 0 aliphatic heterocycles. The average Bonchev–Trinajstić information content (AvgIpc) is 2.82. The summed E-state index contributed by atoms with van der Waals surface area (Å²) in [4.78, 5) is 0. The third-order valence-corrected chi connectivity index (χ3v) is 3.73. The molecule has 0 saturated carbocycles. The first kappa shape index (κ1) is 14.9. The topological polar surface area (TPSA) is 43.0 Å². The molecule has 0 unspecified atom stereocenters. The predicted molar refractivity (Wildman–Crippen MR) is 80.8 cm³/mol. The van der Waals surface area contributed by atoms with Gasteiger partial charge in [0.2, 0.25) is 0 Å². The minimum atomic E-state index is 0.404. The summed E-state index contributed by atoms with van der Waals surface area (Å²) >= 11 is 0. The van der Waals surface area contributed by atoms with Crippen LogP contribution in [0.1, 0.15) is 53.9 Å². The molecule has 110 valence electrons. The van der Waals surface area contributed by atoms with Crippen LogP contribution in [0.4, 0.5) is 0 Å². The zero-order valence-corrected chi connectivity index (χ0v) is 13.4. The number of hydrogen-bond acceptors (Lipinski definition) is 3. The fraction of sp³-hybridized carbons (Fsp3) is 0.562. The standard InChI is InChI=1S/C16H25N3O/c1-10(2)19-13(5)16(12(4)18-19)9-17-8-15-7-11(3)20-14(15)6/h7,10,17H,8-9H2,1-6H3. The van der Waals surface area contributed by atoms with Crippen LogP contribution in [0.25, 0.3) is 0 Å². The van der Waals surface area contributed by atoms with E-state index in [1.165, 1.54) is 16.8 Å². The van der Waals surface area contributed by atoms with Gasteiger partial charge < -0.3 is 9.73 Å². The Morgan fingerprint density at radius 1 is 1.20 bits per heavy atom. The van der Waals surface area contributed by atoms with Gasteiger partial charge in [-0.3, -0.25) is 4.68 Å². The highest BCUT2D eigenvalue weighted by atomic mass is 16.3. The van der Waals surface area contributed by atoms with Crippen LogP contribution in [0.5, 0.6) is 0 Å². The minimum Gasteiger partial charge on any atom is -0.466 e. The summed E-state index contributed by atoms with van der Waals surface area (Å²) in [6.07, 6.45) is 0. The molecule has 0 radical (unpaired) electrons. The molecular formula is C16H25N3O. The molecule has 0 spiro atoms. The third-order valence-electron chi connectivity index (χ3n) is 3.73. The first-order valence-corrected chi connectivity index (χ1v) is 7.21. The van der Waals surface area contributed by atoms with Gasteiger partial charge in [-0.2, -0.15) is 5.10 Å². The highest BCUT2D eigenvalue weighted by Gasteiger charge is 2.13. The quantitative estimate of drug-likeness (QED) is 0.907. The lowest BCUT2D eigenvalue weighted by atomic mass is 10.2. The van der Waals surface area contributed by atoms with Crippen LogP contribution in [0.3, 0.4) is 0 Å². The van der Waals surface area contributed by atoms with E-state index < -0.39 is 0 Å². The van der Waals surface area contributed by atoms with Gasteiger partial charge in [0.05, 0.1) is 5.69 Å². The minimum absolute atomic E-state index is 0.404. The summed E-state index contributed by atoms with van der Waals surface area (Å²) < 4.78 is 7.64. The van der Waals surface area contributed by atoms with Crippen molar-refractivity contribution in [1.82, 2.24) is 15.1 Å². The Labute approximate surface area is 121 Å². The monoisotopic (exact) mass is 275 g/mol. The van der Waals surface area contributed by atoms with Crippen LogP contribution in [-0.4, -0.2) is 9.78 Å². The smallest absolute Gasteiger partial charge is 0.105 e. The van der Waals surface area contributed by atoms with Gasteiger partial charge in [0.15, 0.2) is 0 Å². The molecular weight excluding hydrogens is 250 g/mol. The number of rotatable bonds is 5. The van der Waals surface area contributed by atoms with Crippen molar-refractivity contribution in [2.75, 3.05) is 0 Å². The van der Waals surface area contributed by atoms with E-state index in [0.29, 0.717) is 6.04 Å². The zero-order valence-electron chi connectivity index (χ0n) is 13.4. The molecule has 0 saturated heterocycles. The highest BCUT2D eigenvalue weighted by Crippen LogP contribution is 2.18. The van der Waals surface area contributed by atoms with Gasteiger partial charge in [-0.05, 0) is 47.6 Å². The van der Waals surface area contributed by atoms with Gasteiger partial charge >= 0.3 is 0 Å². The van der Waals surface area contributed by atoms with Crippen LogP contribution in [0.15, 0.2) is 10.5 Å². The highest BCUT2D eigenvalue weighted by molar-refractivity contribution is 5.25. The van der Waals surface area contributed by atoms with Crippen molar-refractivity contribution in [1.29, 1.82) is 0 Å². The van der Waals surface area contributed by atoms with E-state index in [4.69, 9.17) is 4.42 Å². The second-order valence-electron chi connectivity index (χ2n) is 5.73. The van der Waals surface area contributed by atoms with E-state index in [9.17, 15) is 0 Å². The normalized spacial score (nSPS) is 11.6. The second kappa shape index (κ2) is 5.83. The Morgan fingerprint density at radius 3 is 2.40 bits per heavy atom. The molecule has 0 bridgehead atoms. The first-order valence-electron chi connectivity index (χ1n) is 7.21. The molecule has 2 aromatic rings. The van der Waals surface area contributed by atoms with E-state index in [0.717, 1.165) is 30.3 Å². The summed E-state index contributed by atoms with van der Waals surface area (Å²) in [5.74, 6) is 1.97. The summed E-state index contributed by atoms with van der Waals surface area (Å²) in [5, 5.41) is 8.11. The molecule has 0 amide bonds. The molecule has 4 nitrogen and oxygen atoms in total. The van der Waals surface area contributed by atoms with Crippen molar-refractivity contribution in [3.8, 4) is 0 Å². The van der Waals surface area contributed by atoms with Crippen molar-refractivity contribution in [3.63, 3.8) is 0 Å². The lowest BCUT2D eigenvalue weighted by Gasteiger charge is -2.09. The maximum absolute atomic E-state index is 5.54. The van der Waals surface area contributed by atoms with Crippen molar-refractivity contribution in [2.45, 2.75) is 60.7 Å². The lowest BCUT2D eigenvalue weighted by Crippen LogP contribution is -2.14. The number of nitrogens with zero attached hydrogens (tertiary/aromatic N) is 2. The van der Waals surface area contributed by atoms with Gasteiger partial charge in [0, 0.05) is 36.0 Å². The predicted octanol–water partition coefficient (Wildman–Crippen LogP) is 3.58. The Hall–Kier alpha value is -1.55. The Balaban J connectivity index is 2.03. The second-order valence-corrected chi connectivity index (χ2v) is 5.73. The average molecular weight is 275 g/mol. The fourth-order valence-electron chi connectivity index (χ4n) is 2.64. The van der Waals surface area contributed by atoms with Crippen LogP contribution in [0, 0.1) is 27.7 Å². The van der Waals surface area contributed by atoms with Gasteiger partial charge in [-0.25, -0.2) is 0 Å². The molecule has 2 heterocycles. The SMILES string of the molecule is Cc1cc(CNCc2c(C)nn(C(C)C)c2C)c(C)o1. The fourth-order valence-corrected chi connectivity index (χ4v) is 2.64. The largest absolute Gasteiger partial charge is 0.466 e. The molecule has 0 aliphatic carbocycles. The summed E-state index contributed by atoms with van der Waals surface area (Å²) in [6.45, 7) is 14.2. The van der Waals surface area contributed by atoms with E-state index in [1.54, 1.807) is 0 Å². The third kappa shape index (κ3) is 2.96. The molecule has 20 heavy (non-hydrogen) atoms. The maximum Gasteiger partial charge on any atom is 0.105 e. The van der Waals surface area contributed by atoms with Crippen LogP contribution in [-0.2, 0) is 13.1 Å². The molecule has 2 rings (SSSR count). The summed E-state index contributed by atoms with van der Waals surface area (Å²) in [7, 11) is 0. The van der Waals surface area contributed by atoms with Crippen LogP contribution < -0.4 is 5.32 Å². The van der Waals surface area contributed by atoms with Crippen molar-refractivity contribution in [3.05, 3.63) is 40.1 Å². The molecule has 4 heteroatoms. The van der Waals surface area contributed by atoms with E-state index in [1.807, 2.05) is 13.8 Å². The zero-order chi connectivity index (χ0) is 14.9. The molecule has 2 aromatic heterocycles. The number of aromatic nitrogens is 2. The number of furan rings is 1. The Kier molecular flexibility index (Phi) is 4.33. The maximum atomic E-state index is 5.54. The van der Waals surface area contributed by atoms with Gasteiger partial charge in [-0.1, -0.05) is 0 Å². The first-order chi connectivity index (χ1) is 9.40. The van der Waals surface area contributed by atoms with Crippen molar-refractivity contribution < 1.29 is 4.42 Å². The van der Waals surface area contributed by atoms with Crippen LogP contribution in [0.2, 0.25) is 0 Å². The Morgan fingerprint density at radius 2 is 1.90 bits per heavy atom. The molecule has 0 aliphatic rings. The molecule has 0 aromatic carbocycles. The van der Waals surface area contributed by atoms with Crippen molar-refractivity contribution >= 4 is 0 Å². The van der Waals surface area contributed by atoms with Gasteiger partial charge in [-0.15, -0.1) is 0 Å². The molecule has 0 fully saturated rings. The van der Waals surface area contributed by atoms with Crippen molar-refractivity contribution in [2.24, 2.45) is 0 Å². The lowest BCUT2D eigenvalue weighted by molar-refractivity contribution is 0.499. The molecule has 1 N–H and O–H groups in total. The van der Waals surface area contributed by atoms with Gasteiger partial charge in [0.1, 0.15) is 11.5 Å². The number of hydrogen-bond donors (Lipinski definition) is 1. The summed E-state index contributed by atoms with van der Waals surface area (Å²) in [6, 6.07) is 2.50. The van der Waals surface area contributed by atoms with Crippen LogP contribution >= 0.6 is 0 Å². The van der Waals surface area contributed by atoms with Gasteiger partial charge in [0.25, 0.3) is 0 Å².